The standard InChI is InChI=1S/C14H25N5OS/c1-17(2)12-4-7-19(10-12)11-13(20)15-6-9-21-14-16-5-8-18(14)3/h5,8,12H,4,6-7,9-11H2,1-3H3,(H,15,20)/t12-/m0/s1. The van der Waals surface area contributed by atoms with Gasteiger partial charge in [0.2, 0.25) is 5.91 Å². The minimum absolute atomic E-state index is 0.120. The predicted octanol–water partition coefficient (Wildman–Crippen LogP) is 0.264. The first kappa shape index (κ1) is 16.3. The smallest absolute Gasteiger partial charge is 0.234 e. The maximum absolute atomic E-state index is 11.9. The van der Waals surface area contributed by atoms with Gasteiger partial charge in [0.05, 0.1) is 6.54 Å². The SMILES string of the molecule is CN(C)[C@H]1CCN(CC(=O)NCCSc2nccn2C)C1. The first-order chi connectivity index (χ1) is 10.1. The monoisotopic (exact) mass is 311 g/mol. The van der Waals surface area contributed by atoms with Crippen molar-refractivity contribution < 1.29 is 4.79 Å². The highest BCUT2D eigenvalue weighted by molar-refractivity contribution is 7.99. The Labute approximate surface area is 130 Å². The lowest BCUT2D eigenvalue weighted by Gasteiger charge is -2.20. The molecule has 1 aromatic heterocycles. The molecule has 0 spiro atoms. The largest absolute Gasteiger partial charge is 0.354 e. The minimum atomic E-state index is 0.120. The van der Waals surface area contributed by atoms with Crippen LogP contribution in [0.4, 0.5) is 0 Å². The van der Waals surface area contributed by atoms with Gasteiger partial charge in [-0.05, 0) is 20.5 Å². The van der Waals surface area contributed by atoms with E-state index in [0.717, 1.165) is 30.4 Å². The van der Waals surface area contributed by atoms with Crippen LogP contribution in [0.25, 0.3) is 0 Å². The van der Waals surface area contributed by atoms with E-state index in [0.29, 0.717) is 19.1 Å². The van der Waals surface area contributed by atoms with Crippen LogP contribution in [0.2, 0.25) is 0 Å². The Morgan fingerprint density at radius 3 is 3.00 bits per heavy atom. The maximum Gasteiger partial charge on any atom is 0.234 e. The van der Waals surface area contributed by atoms with Crippen molar-refractivity contribution in [3.05, 3.63) is 12.4 Å². The molecule has 1 aromatic rings. The summed E-state index contributed by atoms with van der Waals surface area (Å²) in [6.07, 6.45) is 4.86. The van der Waals surface area contributed by atoms with Crippen molar-refractivity contribution in [2.45, 2.75) is 17.6 Å². The fourth-order valence-corrected chi connectivity index (χ4v) is 3.25. The third kappa shape index (κ3) is 5.01. The highest BCUT2D eigenvalue weighted by Crippen LogP contribution is 2.13. The number of nitrogens with one attached hydrogen (secondary N) is 1. The topological polar surface area (TPSA) is 53.4 Å². The van der Waals surface area contributed by atoms with E-state index in [1.54, 1.807) is 18.0 Å². The van der Waals surface area contributed by atoms with Crippen molar-refractivity contribution >= 4 is 17.7 Å². The van der Waals surface area contributed by atoms with E-state index in [4.69, 9.17) is 0 Å². The molecule has 0 saturated carbocycles. The molecule has 0 unspecified atom stereocenters. The summed E-state index contributed by atoms with van der Waals surface area (Å²) in [4.78, 5) is 20.6. The Morgan fingerprint density at radius 1 is 1.57 bits per heavy atom. The first-order valence-corrected chi connectivity index (χ1v) is 8.30. The van der Waals surface area contributed by atoms with E-state index >= 15 is 0 Å². The molecule has 0 aliphatic carbocycles. The summed E-state index contributed by atoms with van der Waals surface area (Å²) in [5, 5.41) is 3.97. The van der Waals surface area contributed by atoms with Gasteiger partial charge in [0, 0.05) is 50.9 Å². The number of amides is 1. The maximum atomic E-state index is 11.9. The number of nitrogens with zero attached hydrogens (tertiary/aromatic N) is 4. The number of hydrogen-bond donors (Lipinski definition) is 1. The molecule has 1 atom stereocenters. The number of aromatic nitrogens is 2. The average Bonchev–Trinajstić information content (AvgIpc) is 3.04. The molecular formula is C14H25N5OS. The molecule has 118 valence electrons. The highest BCUT2D eigenvalue weighted by Gasteiger charge is 2.24. The Balaban J connectivity index is 1.59. The third-order valence-electron chi connectivity index (χ3n) is 3.78. The van der Waals surface area contributed by atoms with E-state index in [1.807, 2.05) is 17.8 Å². The van der Waals surface area contributed by atoms with Gasteiger partial charge in [-0.1, -0.05) is 11.8 Å². The van der Waals surface area contributed by atoms with Gasteiger partial charge in [-0.2, -0.15) is 0 Å². The Morgan fingerprint density at radius 2 is 2.38 bits per heavy atom. The van der Waals surface area contributed by atoms with Gasteiger partial charge in [-0.3, -0.25) is 9.69 Å². The van der Waals surface area contributed by atoms with Crippen LogP contribution in [0.5, 0.6) is 0 Å². The molecule has 6 nitrogen and oxygen atoms in total. The average molecular weight is 311 g/mol. The highest BCUT2D eigenvalue weighted by atomic mass is 32.2. The number of hydrogen-bond acceptors (Lipinski definition) is 5. The van der Waals surface area contributed by atoms with E-state index < -0.39 is 0 Å². The quantitative estimate of drug-likeness (QED) is 0.578. The number of imidazole rings is 1. The normalized spacial score (nSPS) is 19.3. The number of rotatable bonds is 7. The summed E-state index contributed by atoms with van der Waals surface area (Å²) in [6, 6.07) is 0.580. The summed E-state index contributed by atoms with van der Waals surface area (Å²) >= 11 is 1.66. The predicted molar refractivity (Wildman–Crippen MR) is 85.5 cm³/mol. The molecule has 1 saturated heterocycles. The number of aryl methyl sites for hydroxylation is 1. The minimum Gasteiger partial charge on any atom is -0.354 e. The van der Waals surface area contributed by atoms with Crippen LogP contribution >= 0.6 is 11.8 Å². The number of carbonyl (C=O) groups is 1. The molecule has 1 N–H and O–H groups in total. The molecule has 21 heavy (non-hydrogen) atoms. The lowest BCUT2D eigenvalue weighted by molar-refractivity contribution is -0.121. The van der Waals surface area contributed by atoms with E-state index in [1.165, 1.54) is 0 Å². The van der Waals surface area contributed by atoms with Crippen LogP contribution in [0, 0.1) is 0 Å². The third-order valence-corrected chi connectivity index (χ3v) is 4.84. The zero-order valence-corrected chi connectivity index (χ0v) is 13.9. The van der Waals surface area contributed by atoms with Crippen LogP contribution in [0.3, 0.4) is 0 Å². The van der Waals surface area contributed by atoms with E-state index in [2.05, 4.69) is 34.2 Å². The van der Waals surface area contributed by atoms with Crippen molar-refractivity contribution in [1.29, 1.82) is 0 Å². The second kappa shape index (κ2) is 7.82. The Kier molecular flexibility index (Phi) is 6.08. The molecule has 0 bridgehead atoms. The molecule has 0 radical (unpaired) electrons. The Hall–Kier alpha value is -1.05. The van der Waals surface area contributed by atoms with Crippen LogP contribution in [0.1, 0.15) is 6.42 Å². The first-order valence-electron chi connectivity index (χ1n) is 7.32. The van der Waals surface area contributed by atoms with E-state index in [-0.39, 0.29) is 5.91 Å². The molecular weight excluding hydrogens is 286 g/mol. The Bertz CT molecular complexity index is 462. The summed E-state index contributed by atoms with van der Waals surface area (Å²) in [5.74, 6) is 0.964. The molecule has 1 fully saturated rings. The molecule has 1 amide bonds. The zero-order chi connectivity index (χ0) is 15.2. The van der Waals surface area contributed by atoms with Gasteiger partial charge < -0.3 is 14.8 Å². The fourth-order valence-electron chi connectivity index (χ4n) is 2.46. The lowest BCUT2D eigenvalue weighted by Crippen LogP contribution is -2.38. The van der Waals surface area contributed by atoms with Gasteiger partial charge in [-0.15, -0.1) is 0 Å². The van der Waals surface area contributed by atoms with Gasteiger partial charge in [-0.25, -0.2) is 4.98 Å². The summed E-state index contributed by atoms with van der Waals surface area (Å²) in [7, 11) is 6.18. The zero-order valence-electron chi connectivity index (χ0n) is 13.1. The summed E-state index contributed by atoms with van der Waals surface area (Å²) in [6.45, 7) is 3.19. The second-order valence-electron chi connectivity index (χ2n) is 5.66. The number of likely N-dealkylation sites (N-methyl/N-ethyl adjacent to an activating group) is 1. The molecule has 2 heterocycles. The number of carbonyl (C=O) groups excluding carboxylic acids is 1. The molecule has 7 heteroatoms. The van der Waals surface area contributed by atoms with E-state index in [9.17, 15) is 4.79 Å². The second-order valence-corrected chi connectivity index (χ2v) is 6.72. The molecule has 1 aliphatic rings. The number of thioether (sulfide) groups is 1. The lowest BCUT2D eigenvalue weighted by atomic mass is 10.2. The van der Waals surface area contributed by atoms with Crippen molar-refractivity contribution in [2.75, 3.05) is 46.0 Å². The summed E-state index contributed by atoms with van der Waals surface area (Å²) in [5.41, 5.74) is 0. The van der Waals surface area contributed by atoms with Crippen LogP contribution < -0.4 is 5.32 Å². The van der Waals surface area contributed by atoms with Crippen molar-refractivity contribution in [3.8, 4) is 0 Å². The van der Waals surface area contributed by atoms with Crippen LogP contribution in [-0.2, 0) is 11.8 Å². The van der Waals surface area contributed by atoms with Crippen molar-refractivity contribution in [3.63, 3.8) is 0 Å². The van der Waals surface area contributed by atoms with Crippen molar-refractivity contribution in [1.82, 2.24) is 24.7 Å². The van der Waals surface area contributed by atoms with Crippen LogP contribution in [-0.4, -0.2) is 77.3 Å². The van der Waals surface area contributed by atoms with Gasteiger partial charge in [0.15, 0.2) is 5.16 Å². The number of likely N-dealkylation sites (tertiary alicyclic amines) is 1. The van der Waals surface area contributed by atoms with Gasteiger partial charge in [0.25, 0.3) is 0 Å². The summed E-state index contributed by atoms with van der Waals surface area (Å²) < 4.78 is 1.98. The molecule has 2 rings (SSSR count). The molecule has 0 aromatic carbocycles. The van der Waals surface area contributed by atoms with Crippen LogP contribution in [0.15, 0.2) is 17.6 Å². The fraction of sp³-hybridized carbons (Fsp3) is 0.714. The van der Waals surface area contributed by atoms with Gasteiger partial charge >= 0.3 is 0 Å². The molecule has 1 aliphatic heterocycles. The van der Waals surface area contributed by atoms with Gasteiger partial charge in [0.1, 0.15) is 0 Å². The van der Waals surface area contributed by atoms with Crippen molar-refractivity contribution in [2.24, 2.45) is 7.05 Å².